The molecule has 4 rings (SSSR count). The SMILES string of the molecule is O=C(Cc1ccc(F)cc1)N1CC(N2CCc3sccc3C2)C1. The number of thiophene rings is 1. The lowest BCUT2D eigenvalue weighted by molar-refractivity contribution is -0.138. The second-order valence-corrected chi connectivity index (χ2v) is 7.35. The first kappa shape index (κ1) is 14.8. The lowest BCUT2D eigenvalue weighted by Crippen LogP contribution is -2.61. The van der Waals surface area contributed by atoms with Crippen molar-refractivity contribution in [3.05, 3.63) is 57.5 Å². The Balaban J connectivity index is 1.29. The maximum absolute atomic E-state index is 12.9. The first-order valence-electron chi connectivity index (χ1n) is 8.00. The lowest BCUT2D eigenvalue weighted by Gasteiger charge is -2.46. The number of carbonyl (C=O) groups excluding carboxylic acids is 1. The van der Waals surface area contributed by atoms with Crippen molar-refractivity contribution in [3.63, 3.8) is 0 Å². The summed E-state index contributed by atoms with van der Waals surface area (Å²) < 4.78 is 12.9. The van der Waals surface area contributed by atoms with Gasteiger partial charge in [-0.05, 0) is 41.1 Å². The Labute approximate surface area is 139 Å². The molecule has 0 aliphatic carbocycles. The van der Waals surface area contributed by atoms with Crippen molar-refractivity contribution in [3.8, 4) is 0 Å². The quantitative estimate of drug-likeness (QED) is 0.864. The summed E-state index contributed by atoms with van der Waals surface area (Å²) in [6, 6.07) is 8.91. The van der Waals surface area contributed by atoms with E-state index in [4.69, 9.17) is 0 Å². The summed E-state index contributed by atoms with van der Waals surface area (Å²) in [5, 5.41) is 2.17. The normalized spacial score (nSPS) is 18.6. The van der Waals surface area contributed by atoms with E-state index in [-0.39, 0.29) is 11.7 Å². The summed E-state index contributed by atoms with van der Waals surface area (Å²) in [4.78, 5) is 18.2. The first-order valence-corrected chi connectivity index (χ1v) is 8.88. The highest BCUT2D eigenvalue weighted by Gasteiger charge is 2.35. The molecule has 0 N–H and O–H groups in total. The number of nitrogens with zero attached hydrogens (tertiary/aromatic N) is 2. The van der Waals surface area contributed by atoms with Crippen molar-refractivity contribution in [1.82, 2.24) is 9.80 Å². The van der Waals surface area contributed by atoms with Gasteiger partial charge in [-0.3, -0.25) is 9.69 Å². The van der Waals surface area contributed by atoms with Crippen molar-refractivity contribution in [2.75, 3.05) is 19.6 Å². The van der Waals surface area contributed by atoms with Gasteiger partial charge in [0.2, 0.25) is 5.91 Å². The number of amides is 1. The minimum atomic E-state index is -0.261. The van der Waals surface area contributed by atoms with Gasteiger partial charge in [0.15, 0.2) is 0 Å². The van der Waals surface area contributed by atoms with Crippen LogP contribution in [0.25, 0.3) is 0 Å². The molecular weight excluding hydrogens is 311 g/mol. The van der Waals surface area contributed by atoms with Gasteiger partial charge in [0.1, 0.15) is 5.82 Å². The number of fused-ring (bicyclic) bond motifs is 1. The van der Waals surface area contributed by atoms with Gasteiger partial charge in [0.25, 0.3) is 0 Å². The topological polar surface area (TPSA) is 23.6 Å². The van der Waals surface area contributed by atoms with Crippen LogP contribution >= 0.6 is 11.3 Å². The summed E-state index contributed by atoms with van der Waals surface area (Å²) in [5.74, 6) is -0.121. The van der Waals surface area contributed by atoms with Crippen LogP contribution in [0.4, 0.5) is 4.39 Å². The van der Waals surface area contributed by atoms with E-state index in [1.807, 2.05) is 16.2 Å². The average Bonchev–Trinajstić information content (AvgIpc) is 2.96. The zero-order valence-corrected chi connectivity index (χ0v) is 13.7. The second-order valence-electron chi connectivity index (χ2n) is 6.35. The molecular formula is C18H19FN2OS. The van der Waals surface area contributed by atoms with Crippen molar-refractivity contribution >= 4 is 17.2 Å². The van der Waals surface area contributed by atoms with Gasteiger partial charge in [-0.25, -0.2) is 4.39 Å². The molecule has 2 aliphatic rings. The fourth-order valence-electron chi connectivity index (χ4n) is 3.36. The molecule has 0 atom stereocenters. The number of carbonyl (C=O) groups is 1. The molecule has 1 aromatic carbocycles. The fourth-order valence-corrected chi connectivity index (χ4v) is 4.25. The Morgan fingerprint density at radius 3 is 2.78 bits per heavy atom. The van der Waals surface area contributed by atoms with Gasteiger partial charge in [-0.15, -0.1) is 11.3 Å². The summed E-state index contributed by atoms with van der Waals surface area (Å²) >= 11 is 1.85. The highest BCUT2D eigenvalue weighted by molar-refractivity contribution is 7.10. The van der Waals surface area contributed by atoms with Crippen LogP contribution in [0.1, 0.15) is 16.0 Å². The third-order valence-corrected chi connectivity index (χ3v) is 5.86. The standard InChI is InChI=1S/C18H19FN2OS/c19-15-3-1-13(2-4-15)9-18(22)21-11-16(12-21)20-7-5-17-14(10-20)6-8-23-17/h1-4,6,8,16H,5,7,9-12H2. The molecule has 2 aromatic rings. The van der Waals surface area contributed by atoms with Crippen molar-refractivity contribution < 1.29 is 9.18 Å². The number of likely N-dealkylation sites (tertiary alicyclic amines) is 1. The van der Waals surface area contributed by atoms with Crippen LogP contribution in [0.5, 0.6) is 0 Å². The Bertz CT molecular complexity index is 706. The Morgan fingerprint density at radius 1 is 1.22 bits per heavy atom. The molecule has 0 saturated carbocycles. The minimum Gasteiger partial charge on any atom is -0.339 e. The van der Waals surface area contributed by atoms with Gasteiger partial charge in [0.05, 0.1) is 6.42 Å². The van der Waals surface area contributed by atoms with Crippen LogP contribution in [0.15, 0.2) is 35.7 Å². The summed E-state index contributed by atoms with van der Waals surface area (Å²) in [5.41, 5.74) is 2.33. The zero-order chi connectivity index (χ0) is 15.8. The molecule has 2 aliphatic heterocycles. The molecule has 1 saturated heterocycles. The molecule has 120 valence electrons. The molecule has 23 heavy (non-hydrogen) atoms. The molecule has 3 nitrogen and oxygen atoms in total. The van der Waals surface area contributed by atoms with E-state index < -0.39 is 0 Å². The molecule has 1 amide bonds. The molecule has 0 spiro atoms. The maximum atomic E-state index is 12.9. The zero-order valence-electron chi connectivity index (χ0n) is 12.9. The molecule has 0 radical (unpaired) electrons. The van der Waals surface area contributed by atoms with Crippen molar-refractivity contribution in [1.29, 1.82) is 0 Å². The minimum absolute atomic E-state index is 0.140. The van der Waals surface area contributed by atoms with Crippen LogP contribution in [-0.4, -0.2) is 41.4 Å². The maximum Gasteiger partial charge on any atom is 0.227 e. The highest BCUT2D eigenvalue weighted by Crippen LogP contribution is 2.27. The third-order valence-electron chi connectivity index (χ3n) is 4.84. The Hall–Kier alpha value is -1.72. The van der Waals surface area contributed by atoms with Crippen LogP contribution in [-0.2, 0) is 24.2 Å². The summed E-state index contributed by atoms with van der Waals surface area (Å²) in [6.07, 6.45) is 1.49. The van der Waals surface area contributed by atoms with E-state index in [9.17, 15) is 9.18 Å². The number of hydrogen-bond donors (Lipinski definition) is 0. The number of halogens is 1. The fraction of sp³-hybridized carbons (Fsp3) is 0.389. The Morgan fingerprint density at radius 2 is 2.00 bits per heavy atom. The lowest BCUT2D eigenvalue weighted by atomic mass is 10.0. The van der Waals surface area contributed by atoms with E-state index >= 15 is 0 Å². The van der Waals surface area contributed by atoms with Gasteiger partial charge in [-0.2, -0.15) is 0 Å². The predicted molar refractivity (Wildman–Crippen MR) is 88.9 cm³/mol. The number of benzene rings is 1. The monoisotopic (exact) mass is 330 g/mol. The van der Waals surface area contributed by atoms with Gasteiger partial charge < -0.3 is 4.90 Å². The molecule has 0 bridgehead atoms. The second kappa shape index (κ2) is 6.06. The van der Waals surface area contributed by atoms with Crippen LogP contribution in [0.2, 0.25) is 0 Å². The number of hydrogen-bond acceptors (Lipinski definition) is 3. The highest BCUT2D eigenvalue weighted by atomic mass is 32.1. The van der Waals surface area contributed by atoms with Gasteiger partial charge in [0, 0.05) is 37.1 Å². The smallest absolute Gasteiger partial charge is 0.227 e. The van der Waals surface area contributed by atoms with Crippen molar-refractivity contribution in [2.24, 2.45) is 0 Å². The number of rotatable bonds is 3. The van der Waals surface area contributed by atoms with Crippen LogP contribution in [0.3, 0.4) is 0 Å². The van der Waals surface area contributed by atoms with E-state index in [1.54, 1.807) is 12.1 Å². The summed E-state index contributed by atoms with van der Waals surface area (Å²) in [6.45, 7) is 3.75. The van der Waals surface area contributed by atoms with Gasteiger partial charge >= 0.3 is 0 Å². The third kappa shape index (κ3) is 3.03. The summed E-state index contributed by atoms with van der Waals surface area (Å²) in [7, 11) is 0. The first-order chi connectivity index (χ1) is 11.2. The molecule has 1 fully saturated rings. The van der Waals surface area contributed by atoms with Crippen LogP contribution < -0.4 is 0 Å². The molecule has 1 aromatic heterocycles. The van der Waals surface area contributed by atoms with Gasteiger partial charge in [-0.1, -0.05) is 12.1 Å². The molecule has 3 heterocycles. The van der Waals surface area contributed by atoms with E-state index in [0.29, 0.717) is 12.5 Å². The largest absolute Gasteiger partial charge is 0.339 e. The van der Waals surface area contributed by atoms with E-state index in [2.05, 4.69) is 16.3 Å². The Kier molecular flexibility index (Phi) is 3.91. The average molecular weight is 330 g/mol. The molecule has 0 unspecified atom stereocenters. The van der Waals surface area contributed by atoms with E-state index in [0.717, 1.165) is 38.2 Å². The van der Waals surface area contributed by atoms with Crippen molar-refractivity contribution in [2.45, 2.75) is 25.4 Å². The molecule has 5 heteroatoms. The van der Waals surface area contributed by atoms with Crippen LogP contribution in [0, 0.1) is 5.82 Å². The predicted octanol–water partition coefficient (Wildman–Crippen LogP) is 2.70. The van der Waals surface area contributed by atoms with E-state index in [1.165, 1.54) is 22.6 Å².